The summed E-state index contributed by atoms with van der Waals surface area (Å²) < 4.78 is 0. The van der Waals surface area contributed by atoms with Crippen LogP contribution in [0.1, 0.15) is 34.1 Å². The molecule has 0 aromatic heterocycles. The molecular weight excluding hydrogens is 110 g/mol. The second-order valence-corrected chi connectivity index (χ2v) is 3.59. The van der Waals surface area contributed by atoms with Crippen molar-refractivity contribution in [2.24, 2.45) is 0 Å². The van der Waals surface area contributed by atoms with Crippen LogP contribution in [0, 0.1) is 0 Å². The zero-order chi connectivity index (χ0) is 7.49. The molecule has 0 rings (SSSR count). The van der Waals surface area contributed by atoms with Crippen LogP contribution in [-0.2, 0) is 0 Å². The predicted octanol–water partition coefficient (Wildman–Crippen LogP) is 2.13. The van der Waals surface area contributed by atoms with Crippen LogP contribution in [0.15, 0.2) is 0 Å². The summed E-state index contributed by atoms with van der Waals surface area (Å²) in [6, 6.07) is 0. The van der Waals surface area contributed by atoms with Crippen molar-refractivity contribution in [3.8, 4) is 0 Å². The third kappa shape index (κ3) is 3.52. The van der Waals surface area contributed by atoms with Gasteiger partial charge in [-0.2, -0.15) is 0 Å². The molecule has 0 saturated heterocycles. The average molecular weight is 129 g/mol. The molecule has 0 aromatic carbocycles. The minimum atomic E-state index is 0.343. The van der Waals surface area contributed by atoms with Crippen LogP contribution in [0.3, 0.4) is 0 Å². The molecule has 0 amide bonds. The van der Waals surface area contributed by atoms with Gasteiger partial charge in [0.1, 0.15) is 0 Å². The molecule has 0 heterocycles. The fourth-order valence-electron chi connectivity index (χ4n) is 0.671. The van der Waals surface area contributed by atoms with Crippen molar-refractivity contribution in [1.82, 2.24) is 4.90 Å². The Bertz CT molecular complexity index is 71.1. The van der Waals surface area contributed by atoms with E-state index >= 15 is 0 Å². The summed E-state index contributed by atoms with van der Waals surface area (Å²) in [6.45, 7) is 10.1. The summed E-state index contributed by atoms with van der Waals surface area (Å²) in [5, 5.41) is 0. The van der Waals surface area contributed by atoms with Gasteiger partial charge in [-0.15, -0.1) is 0 Å². The molecule has 0 aliphatic rings. The van der Waals surface area contributed by atoms with Crippen molar-refractivity contribution >= 4 is 0 Å². The lowest BCUT2D eigenvalue weighted by molar-refractivity contribution is 0.176. The molecule has 1 heteroatoms. The first kappa shape index (κ1) is 8.96. The molecule has 0 bridgehead atoms. The lowest BCUT2D eigenvalue weighted by Crippen LogP contribution is -2.38. The molecule has 0 atom stereocenters. The van der Waals surface area contributed by atoms with Gasteiger partial charge in [-0.25, -0.2) is 0 Å². The zero-order valence-electron chi connectivity index (χ0n) is 7.36. The van der Waals surface area contributed by atoms with E-state index in [0.29, 0.717) is 5.54 Å². The Kier molecular flexibility index (Phi) is 3.20. The van der Waals surface area contributed by atoms with Crippen molar-refractivity contribution in [2.75, 3.05) is 13.6 Å². The fourth-order valence-corrected chi connectivity index (χ4v) is 0.671. The zero-order valence-corrected chi connectivity index (χ0v) is 7.36. The Balaban J connectivity index is 3.59. The summed E-state index contributed by atoms with van der Waals surface area (Å²) in [6.07, 6.45) is 1.24. The quantitative estimate of drug-likeness (QED) is 0.552. The molecule has 0 N–H and O–H groups in total. The van der Waals surface area contributed by atoms with Crippen molar-refractivity contribution < 1.29 is 0 Å². The van der Waals surface area contributed by atoms with E-state index in [9.17, 15) is 0 Å². The minimum absolute atomic E-state index is 0.343. The van der Waals surface area contributed by atoms with E-state index in [-0.39, 0.29) is 0 Å². The summed E-state index contributed by atoms with van der Waals surface area (Å²) in [5.74, 6) is 0. The first-order valence-corrected chi connectivity index (χ1v) is 3.69. The highest BCUT2D eigenvalue weighted by molar-refractivity contribution is 4.71. The van der Waals surface area contributed by atoms with Crippen molar-refractivity contribution in [3.63, 3.8) is 0 Å². The maximum atomic E-state index is 2.37. The Morgan fingerprint density at radius 2 is 1.67 bits per heavy atom. The van der Waals surface area contributed by atoms with Gasteiger partial charge in [0.25, 0.3) is 0 Å². The molecule has 0 saturated carbocycles. The van der Waals surface area contributed by atoms with E-state index in [4.69, 9.17) is 0 Å². The lowest BCUT2D eigenvalue weighted by Gasteiger charge is -2.31. The summed E-state index contributed by atoms with van der Waals surface area (Å²) >= 11 is 0. The van der Waals surface area contributed by atoms with Gasteiger partial charge in [-0.05, 0) is 40.8 Å². The SMILES string of the molecule is CCCN(C)C(C)(C)C. The van der Waals surface area contributed by atoms with E-state index in [1.54, 1.807) is 0 Å². The Morgan fingerprint density at radius 1 is 1.22 bits per heavy atom. The molecule has 0 unspecified atom stereocenters. The third-order valence-electron chi connectivity index (χ3n) is 1.70. The predicted molar refractivity (Wildman–Crippen MR) is 42.7 cm³/mol. The van der Waals surface area contributed by atoms with Crippen LogP contribution in [-0.4, -0.2) is 24.0 Å². The molecule has 0 radical (unpaired) electrons. The Hall–Kier alpha value is -0.0400. The van der Waals surface area contributed by atoms with Crippen LogP contribution in [0.5, 0.6) is 0 Å². The Morgan fingerprint density at radius 3 is 1.78 bits per heavy atom. The van der Waals surface area contributed by atoms with Gasteiger partial charge >= 0.3 is 0 Å². The van der Waals surface area contributed by atoms with Gasteiger partial charge in [-0.3, -0.25) is 0 Å². The first-order chi connectivity index (χ1) is 3.98. The third-order valence-corrected chi connectivity index (χ3v) is 1.70. The largest absolute Gasteiger partial charge is 0.302 e. The highest BCUT2D eigenvalue weighted by atomic mass is 15.1. The van der Waals surface area contributed by atoms with Gasteiger partial charge in [0, 0.05) is 5.54 Å². The second kappa shape index (κ2) is 3.21. The summed E-state index contributed by atoms with van der Waals surface area (Å²) in [7, 11) is 2.17. The van der Waals surface area contributed by atoms with Crippen LogP contribution in [0.25, 0.3) is 0 Å². The molecule has 1 nitrogen and oxygen atoms in total. The van der Waals surface area contributed by atoms with E-state index in [2.05, 4.69) is 39.6 Å². The second-order valence-electron chi connectivity index (χ2n) is 3.59. The Labute approximate surface area is 59.1 Å². The van der Waals surface area contributed by atoms with E-state index in [1.807, 2.05) is 0 Å². The summed E-state index contributed by atoms with van der Waals surface area (Å²) in [4.78, 5) is 2.37. The molecule has 0 fully saturated rings. The topological polar surface area (TPSA) is 3.24 Å². The molecular formula is C8H19N. The van der Waals surface area contributed by atoms with E-state index in [1.165, 1.54) is 13.0 Å². The smallest absolute Gasteiger partial charge is 0.0122 e. The first-order valence-electron chi connectivity index (χ1n) is 3.69. The van der Waals surface area contributed by atoms with E-state index in [0.717, 1.165) is 0 Å². The number of rotatable bonds is 2. The van der Waals surface area contributed by atoms with Gasteiger partial charge < -0.3 is 4.90 Å². The molecule has 56 valence electrons. The normalized spacial score (nSPS) is 12.7. The average Bonchev–Trinajstić information content (AvgIpc) is 1.64. The summed E-state index contributed by atoms with van der Waals surface area (Å²) in [5.41, 5.74) is 0.343. The van der Waals surface area contributed by atoms with Gasteiger partial charge in [0.15, 0.2) is 0 Å². The van der Waals surface area contributed by atoms with Crippen molar-refractivity contribution in [1.29, 1.82) is 0 Å². The fraction of sp³-hybridized carbons (Fsp3) is 1.00. The molecule has 0 aliphatic carbocycles. The highest BCUT2D eigenvalue weighted by Gasteiger charge is 2.14. The van der Waals surface area contributed by atoms with Crippen molar-refractivity contribution in [3.05, 3.63) is 0 Å². The van der Waals surface area contributed by atoms with Gasteiger partial charge in [0.05, 0.1) is 0 Å². The van der Waals surface area contributed by atoms with Crippen molar-refractivity contribution in [2.45, 2.75) is 39.7 Å². The standard InChI is InChI=1S/C8H19N/c1-6-7-9(5)8(2,3)4/h6-7H2,1-5H3. The molecule has 0 aromatic rings. The maximum absolute atomic E-state index is 2.37. The van der Waals surface area contributed by atoms with E-state index < -0.39 is 0 Å². The number of hydrogen-bond acceptors (Lipinski definition) is 1. The maximum Gasteiger partial charge on any atom is 0.0122 e. The lowest BCUT2D eigenvalue weighted by atomic mass is 10.1. The minimum Gasteiger partial charge on any atom is -0.302 e. The van der Waals surface area contributed by atoms with Crippen LogP contribution in [0.2, 0.25) is 0 Å². The van der Waals surface area contributed by atoms with Crippen LogP contribution < -0.4 is 0 Å². The van der Waals surface area contributed by atoms with Gasteiger partial charge in [-0.1, -0.05) is 6.92 Å². The highest BCUT2D eigenvalue weighted by Crippen LogP contribution is 2.09. The molecule has 0 spiro atoms. The molecule has 0 aliphatic heterocycles. The molecule has 9 heavy (non-hydrogen) atoms. The van der Waals surface area contributed by atoms with Crippen LogP contribution in [0.4, 0.5) is 0 Å². The number of hydrogen-bond donors (Lipinski definition) is 0. The number of nitrogens with zero attached hydrogens (tertiary/aromatic N) is 1. The van der Waals surface area contributed by atoms with Gasteiger partial charge in [0.2, 0.25) is 0 Å². The van der Waals surface area contributed by atoms with Crippen LogP contribution >= 0.6 is 0 Å². The monoisotopic (exact) mass is 129 g/mol.